The van der Waals surface area contributed by atoms with E-state index in [2.05, 4.69) is 4.98 Å². The summed E-state index contributed by atoms with van der Waals surface area (Å²) in [7, 11) is 0. The summed E-state index contributed by atoms with van der Waals surface area (Å²) in [5.41, 5.74) is 3.07. The van der Waals surface area contributed by atoms with Crippen LogP contribution in [0.4, 0.5) is 0 Å². The summed E-state index contributed by atoms with van der Waals surface area (Å²) in [5, 5.41) is 1.03. The third-order valence-corrected chi connectivity index (χ3v) is 4.63. The highest BCUT2D eigenvalue weighted by atomic mass is 16.5. The number of amides is 1. The summed E-state index contributed by atoms with van der Waals surface area (Å²) in [6.07, 6.45) is 1.09. The van der Waals surface area contributed by atoms with Gasteiger partial charge in [0.15, 0.2) is 0 Å². The molecule has 1 amide bonds. The Labute approximate surface area is 117 Å². The number of benzene rings is 1. The van der Waals surface area contributed by atoms with Crippen LogP contribution in [0.2, 0.25) is 0 Å². The SMILES string of the molecule is Cc1[nH]c2ccccc2c1C(=O)N1CC2(CCOC2)C1. The molecule has 1 N–H and O–H groups in total. The zero-order chi connectivity index (χ0) is 13.7. The predicted molar refractivity (Wildman–Crippen MR) is 76.8 cm³/mol. The maximum absolute atomic E-state index is 12.7. The number of hydrogen-bond donors (Lipinski definition) is 1. The van der Waals surface area contributed by atoms with Crippen molar-refractivity contribution >= 4 is 16.8 Å². The molecule has 2 saturated heterocycles. The lowest BCUT2D eigenvalue weighted by Crippen LogP contribution is -2.58. The number of nitrogens with zero attached hydrogens (tertiary/aromatic N) is 1. The molecule has 2 aromatic rings. The number of fused-ring (bicyclic) bond motifs is 1. The van der Waals surface area contributed by atoms with E-state index in [-0.39, 0.29) is 11.3 Å². The largest absolute Gasteiger partial charge is 0.381 e. The summed E-state index contributed by atoms with van der Waals surface area (Å²) >= 11 is 0. The Balaban J connectivity index is 1.63. The number of hydrogen-bond acceptors (Lipinski definition) is 2. The second-order valence-electron chi connectivity index (χ2n) is 6.13. The molecular weight excluding hydrogens is 252 g/mol. The first kappa shape index (κ1) is 12.0. The van der Waals surface area contributed by atoms with Gasteiger partial charge in [-0.3, -0.25) is 4.79 Å². The predicted octanol–water partition coefficient (Wildman–Crippen LogP) is 2.34. The Morgan fingerprint density at radius 3 is 2.90 bits per heavy atom. The number of carbonyl (C=O) groups excluding carboxylic acids is 1. The molecule has 2 fully saturated rings. The van der Waals surface area contributed by atoms with Crippen LogP contribution in [-0.4, -0.2) is 42.1 Å². The van der Waals surface area contributed by atoms with Crippen LogP contribution in [0.15, 0.2) is 24.3 Å². The van der Waals surface area contributed by atoms with Crippen molar-refractivity contribution in [2.75, 3.05) is 26.3 Å². The van der Waals surface area contributed by atoms with Gasteiger partial charge in [0.25, 0.3) is 5.91 Å². The van der Waals surface area contributed by atoms with Gasteiger partial charge < -0.3 is 14.6 Å². The van der Waals surface area contributed by atoms with Crippen LogP contribution in [-0.2, 0) is 4.74 Å². The summed E-state index contributed by atoms with van der Waals surface area (Å²) in [4.78, 5) is 18.0. The second-order valence-corrected chi connectivity index (χ2v) is 6.13. The number of H-pyrrole nitrogens is 1. The second kappa shape index (κ2) is 4.09. The fourth-order valence-electron chi connectivity index (χ4n) is 3.52. The topological polar surface area (TPSA) is 45.3 Å². The highest BCUT2D eigenvalue weighted by molar-refractivity contribution is 6.08. The number of aromatic nitrogens is 1. The van der Waals surface area contributed by atoms with Gasteiger partial charge in [0.1, 0.15) is 0 Å². The standard InChI is InChI=1S/C16H18N2O2/c1-11-14(12-4-2-3-5-13(12)17-11)15(19)18-8-16(9-18)6-7-20-10-16/h2-5,17H,6-10H2,1H3. The van der Waals surface area contributed by atoms with Gasteiger partial charge >= 0.3 is 0 Å². The zero-order valence-corrected chi connectivity index (χ0v) is 11.6. The van der Waals surface area contributed by atoms with Gasteiger partial charge in [-0.2, -0.15) is 0 Å². The van der Waals surface area contributed by atoms with Crippen molar-refractivity contribution in [1.82, 2.24) is 9.88 Å². The molecule has 1 aromatic carbocycles. The van der Waals surface area contributed by atoms with E-state index in [1.807, 2.05) is 36.1 Å². The molecule has 4 heteroatoms. The number of para-hydroxylation sites is 1. The Bertz CT molecular complexity index is 675. The molecule has 0 atom stereocenters. The average Bonchev–Trinajstić information content (AvgIpc) is 2.99. The van der Waals surface area contributed by atoms with E-state index in [4.69, 9.17) is 4.74 Å². The van der Waals surface area contributed by atoms with Gasteiger partial charge in [-0.1, -0.05) is 18.2 Å². The minimum Gasteiger partial charge on any atom is -0.381 e. The molecule has 4 rings (SSSR count). The molecule has 0 radical (unpaired) electrons. The molecule has 2 aliphatic heterocycles. The number of aryl methyl sites for hydroxylation is 1. The normalized spacial score (nSPS) is 20.6. The molecule has 0 bridgehead atoms. The van der Waals surface area contributed by atoms with Gasteiger partial charge in [0.2, 0.25) is 0 Å². The quantitative estimate of drug-likeness (QED) is 0.864. The monoisotopic (exact) mass is 270 g/mol. The average molecular weight is 270 g/mol. The van der Waals surface area contributed by atoms with E-state index < -0.39 is 0 Å². The fourth-order valence-corrected chi connectivity index (χ4v) is 3.52. The first-order valence-electron chi connectivity index (χ1n) is 7.13. The van der Waals surface area contributed by atoms with Crippen molar-refractivity contribution in [3.05, 3.63) is 35.5 Å². The van der Waals surface area contributed by atoms with Crippen molar-refractivity contribution in [3.63, 3.8) is 0 Å². The van der Waals surface area contributed by atoms with E-state index in [9.17, 15) is 4.79 Å². The van der Waals surface area contributed by atoms with Crippen molar-refractivity contribution < 1.29 is 9.53 Å². The molecular formula is C16H18N2O2. The van der Waals surface area contributed by atoms with Crippen LogP contribution in [0.5, 0.6) is 0 Å². The number of likely N-dealkylation sites (tertiary alicyclic amines) is 1. The lowest BCUT2D eigenvalue weighted by atomic mass is 9.79. The summed E-state index contributed by atoms with van der Waals surface area (Å²) in [6, 6.07) is 8.00. The molecule has 0 unspecified atom stereocenters. The van der Waals surface area contributed by atoms with Crippen molar-refractivity contribution in [2.45, 2.75) is 13.3 Å². The third kappa shape index (κ3) is 1.61. The maximum atomic E-state index is 12.7. The van der Waals surface area contributed by atoms with E-state index in [0.29, 0.717) is 0 Å². The van der Waals surface area contributed by atoms with Crippen LogP contribution in [0.3, 0.4) is 0 Å². The highest BCUT2D eigenvalue weighted by Crippen LogP contribution is 2.39. The van der Waals surface area contributed by atoms with Crippen LogP contribution < -0.4 is 0 Å². The fraction of sp³-hybridized carbons (Fsp3) is 0.438. The van der Waals surface area contributed by atoms with Gasteiger partial charge in [-0.25, -0.2) is 0 Å². The zero-order valence-electron chi connectivity index (χ0n) is 11.6. The van der Waals surface area contributed by atoms with Gasteiger partial charge in [-0.05, 0) is 19.4 Å². The molecule has 3 heterocycles. The minimum atomic E-state index is 0.150. The Kier molecular flexibility index (Phi) is 2.45. The number of carbonyl (C=O) groups is 1. The first-order valence-corrected chi connectivity index (χ1v) is 7.13. The number of ether oxygens (including phenoxy) is 1. The maximum Gasteiger partial charge on any atom is 0.256 e. The smallest absolute Gasteiger partial charge is 0.256 e. The van der Waals surface area contributed by atoms with E-state index in [0.717, 1.165) is 54.9 Å². The van der Waals surface area contributed by atoms with Crippen molar-refractivity contribution in [2.24, 2.45) is 5.41 Å². The molecule has 0 aliphatic carbocycles. The van der Waals surface area contributed by atoms with E-state index in [1.54, 1.807) is 0 Å². The summed E-state index contributed by atoms with van der Waals surface area (Å²) in [5.74, 6) is 0.150. The van der Waals surface area contributed by atoms with Gasteiger partial charge in [-0.15, -0.1) is 0 Å². The first-order chi connectivity index (χ1) is 9.69. The van der Waals surface area contributed by atoms with E-state index >= 15 is 0 Å². The van der Waals surface area contributed by atoms with Crippen LogP contribution in [0.1, 0.15) is 22.5 Å². The minimum absolute atomic E-state index is 0.150. The Morgan fingerprint density at radius 2 is 2.15 bits per heavy atom. The van der Waals surface area contributed by atoms with Crippen molar-refractivity contribution in [3.8, 4) is 0 Å². The van der Waals surface area contributed by atoms with Gasteiger partial charge in [0.05, 0.1) is 12.2 Å². The highest BCUT2D eigenvalue weighted by Gasteiger charge is 2.48. The van der Waals surface area contributed by atoms with Crippen LogP contribution >= 0.6 is 0 Å². The number of aromatic amines is 1. The Morgan fingerprint density at radius 1 is 1.35 bits per heavy atom. The lowest BCUT2D eigenvalue weighted by Gasteiger charge is -2.47. The van der Waals surface area contributed by atoms with Crippen LogP contribution in [0, 0.1) is 12.3 Å². The third-order valence-electron chi connectivity index (χ3n) is 4.63. The summed E-state index contributed by atoms with van der Waals surface area (Å²) in [6.45, 7) is 5.30. The van der Waals surface area contributed by atoms with Gasteiger partial charge in [0, 0.05) is 41.7 Å². The molecule has 20 heavy (non-hydrogen) atoms. The van der Waals surface area contributed by atoms with Crippen molar-refractivity contribution in [1.29, 1.82) is 0 Å². The molecule has 4 nitrogen and oxygen atoms in total. The molecule has 104 valence electrons. The lowest BCUT2D eigenvalue weighted by molar-refractivity contribution is 0.000453. The van der Waals surface area contributed by atoms with Crippen LogP contribution in [0.25, 0.3) is 10.9 Å². The van der Waals surface area contributed by atoms with E-state index in [1.165, 1.54) is 0 Å². The molecule has 1 spiro atoms. The molecule has 1 aromatic heterocycles. The molecule has 0 saturated carbocycles. The number of rotatable bonds is 1. The number of nitrogens with one attached hydrogen (secondary N) is 1. The Hall–Kier alpha value is -1.81. The summed E-state index contributed by atoms with van der Waals surface area (Å²) < 4.78 is 5.47. The molecule has 2 aliphatic rings.